The summed E-state index contributed by atoms with van der Waals surface area (Å²) in [6.07, 6.45) is -4.49. The molecule has 4 rings (SSSR count). The minimum Gasteiger partial charge on any atom is -0.460 e. The minimum absolute atomic E-state index is 0.0659. The number of hydrogen-bond donors (Lipinski definition) is 1. The Balaban J connectivity index is 1.59. The number of nitrogens with one attached hydrogen (secondary N) is 1. The average Bonchev–Trinajstić information content (AvgIpc) is 3.31. The molecule has 4 aromatic rings. The average molecular weight is 514 g/mol. The van der Waals surface area contributed by atoms with E-state index in [9.17, 15) is 22.4 Å². The highest BCUT2D eigenvalue weighted by atomic mass is 19.4. The van der Waals surface area contributed by atoms with E-state index in [1.165, 1.54) is 16.8 Å². The fourth-order valence-corrected chi connectivity index (χ4v) is 3.39. The first-order valence-electron chi connectivity index (χ1n) is 11.3. The summed E-state index contributed by atoms with van der Waals surface area (Å²) in [5.41, 5.74) is 0.687. The third kappa shape index (κ3) is 6.50. The molecule has 0 radical (unpaired) electrons. The third-order valence-corrected chi connectivity index (χ3v) is 5.18. The number of aromatic nitrogens is 3. The van der Waals surface area contributed by atoms with Gasteiger partial charge >= 0.3 is 12.2 Å². The molecule has 1 amide bonds. The van der Waals surface area contributed by atoms with Crippen molar-refractivity contribution in [3.63, 3.8) is 0 Å². The molecule has 7 nitrogen and oxygen atoms in total. The van der Waals surface area contributed by atoms with Gasteiger partial charge in [0.15, 0.2) is 5.82 Å². The Morgan fingerprint density at radius 3 is 2.41 bits per heavy atom. The van der Waals surface area contributed by atoms with E-state index >= 15 is 0 Å². The predicted octanol–water partition coefficient (Wildman–Crippen LogP) is 5.76. The largest absolute Gasteiger partial charge is 0.460 e. The number of rotatable bonds is 9. The molecule has 1 aromatic heterocycles. The molecule has 0 saturated heterocycles. The second kappa shape index (κ2) is 11.2. The number of halogens is 4. The minimum atomic E-state index is -4.49. The Bertz CT molecular complexity index is 1350. The Hall–Kier alpha value is -4.25. The summed E-state index contributed by atoms with van der Waals surface area (Å²) in [6, 6.07) is 16.3. The van der Waals surface area contributed by atoms with Crippen LogP contribution in [-0.4, -0.2) is 40.5 Å². The summed E-state index contributed by atoms with van der Waals surface area (Å²) in [7, 11) is 0. The number of ether oxygens (including phenoxy) is 2. The van der Waals surface area contributed by atoms with Gasteiger partial charge in [-0.3, -0.25) is 4.79 Å². The molecule has 0 aliphatic heterocycles. The zero-order valence-corrected chi connectivity index (χ0v) is 19.6. The standard InChI is InChI=1S/C26H22F4N4O3/c1-2-36-14-15-37-25-32-23(17-8-12-20(27)13-9-17)34(33-25)22-5-3-4-21(16-22)31-24(35)18-6-10-19(11-7-18)26(28,29)30/h3-13,16H,2,14-15H2,1H3,(H,31,35). The van der Waals surface area contributed by atoms with Gasteiger partial charge < -0.3 is 14.8 Å². The van der Waals surface area contributed by atoms with Crippen LogP contribution in [0.3, 0.4) is 0 Å². The van der Waals surface area contributed by atoms with Gasteiger partial charge in [-0.05, 0) is 73.7 Å². The van der Waals surface area contributed by atoms with Crippen molar-refractivity contribution in [2.24, 2.45) is 0 Å². The van der Waals surface area contributed by atoms with Crippen molar-refractivity contribution in [1.29, 1.82) is 0 Å². The van der Waals surface area contributed by atoms with E-state index < -0.39 is 23.5 Å². The van der Waals surface area contributed by atoms with E-state index in [2.05, 4.69) is 15.4 Å². The van der Waals surface area contributed by atoms with Crippen molar-refractivity contribution in [2.75, 3.05) is 25.1 Å². The number of carbonyl (C=O) groups excluding carboxylic acids is 1. The maximum atomic E-state index is 13.5. The lowest BCUT2D eigenvalue weighted by Crippen LogP contribution is -2.13. The SMILES string of the molecule is CCOCCOc1nc(-c2ccc(F)cc2)n(-c2cccc(NC(=O)c3ccc(C(F)(F)F)cc3)c2)n1. The van der Waals surface area contributed by atoms with E-state index in [4.69, 9.17) is 9.47 Å². The first-order chi connectivity index (χ1) is 17.7. The van der Waals surface area contributed by atoms with Gasteiger partial charge in [0.05, 0.1) is 17.9 Å². The number of benzene rings is 3. The van der Waals surface area contributed by atoms with Gasteiger partial charge in [0.2, 0.25) is 0 Å². The second-order valence-electron chi connectivity index (χ2n) is 7.76. The number of alkyl halides is 3. The van der Waals surface area contributed by atoms with Crippen LogP contribution in [0.25, 0.3) is 17.1 Å². The van der Waals surface area contributed by atoms with Crippen molar-refractivity contribution in [3.05, 3.63) is 89.7 Å². The van der Waals surface area contributed by atoms with Crippen LogP contribution in [0.2, 0.25) is 0 Å². The summed E-state index contributed by atoms with van der Waals surface area (Å²) >= 11 is 0. The van der Waals surface area contributed by atoms with Crippen LogP contribution in [0.4, 0.5) is 23.2 Å². The van der Waals surface area contributed by atoms with Crippen molar-refractivity contribution >= 4 is 11.6 Å². The Kier molecular flexibility index (Phi) is 7.83. The summed E-state index contributed by atoms with van der Waals surface area (Å²) in [5.74, 6) is -0.614. The molecule has 11 heteroatoms. The number of nitrogens with zero attached hydrogens (tertiary/aromatic N) is 3. The van der Waals surface area contributed by atoms with Crippen LogP contribution in [0.5, 0.6) is 6.01 Å². The van der Waals surface area contributed by atoms with Crippen LogP contribution in [0, 0.1) is 5.82 Å². The van der Waals surface area contributed by atoms with Gasteiger partial charge in [-0.15, -0.1) is 5.10 Å². The van der Waals surface area contributed by atoms with Gasteiger partial charge in [-0.1, -0.05) is 6.07 Å². The normalized spacial score (nSPS) is 11.4. The first-order valence-corrected chi connectivity index (χ1v) is 11.3. The van der Waals surface area contributed by atoms with E-state index in [-0.39, 0.29) is 18.2 Å². The lowest BCUT2D eigenvalue weighted by molar-refractivity contribution is -0.137. The summed E-state index contributed by atoms with van der Waals surface area (Å²) in [5, 5.41) is 7.07. The summed E-state index contributed by atoms with van der Waals surface area (Å²) < 4.78 is 64.2. The van der Waals surface area contributed by atoms with E-state index in [0.717, 1.165) is 24.3 Å². The van der Waals surface area contributed by atoms with Crippen molar-refractivity contribution in [2.45, 2.75) is 13.1 Å². The molecule has 0 saturated carbocycles. The summed E-state index contributed by atoms with van der Waals surface area (Å²) in [6.45, 7) is 2.98. The number of carbonyl (C=O) groups is 1. The van der Waals surface area contributed by atoms with Crippen LogP contribution in [-0.2, 0) is 10.9 Å². The summed E-state index contributed by atoms with van der Waals surface area (Å²) in [4.78, 5) is 17.0. The molecular weight excluding hydrogens is 492 g/mol. The maximum Gasteiger partial charge on any atom is 0.416 e. The van der Waals surface area contributed by atoms with Crippen molar-refractivity contribution in [3.8, 4) is 23.1 Å². The van der Waals surface area contributed by atoms with Gasteiger partial charge in [0.25, 0.3) is 5.91 Å². The molecular formula is C26H22F4N4O3. The van der Waals surface area contributed by atoms with Gasteiger partial charge in [0.1, 0.15) is 12.4 Å². The van der Waals surface area contributed by atoms with Crippen LogP contribution >= 0.6 is 0 Å². The van der Waals surface area contributed by atoms with Gasteiger partial charge in [-0.2, -0.15) is 18.2 Å². The van der Waals surface area contributed by atoms with Gasteiger partial charge in [-0.25, -0.2) is 9.07 Å². The van der Waals surface area contributed by atoms with Crippen molar-refractivity contribution < 1.29 is 31.8 Å². The van der Waals surface area contributed by atoms with E-state index in [1.807, 2.05) is 6.92 Å². The van der Waals surface area contributed by atoms with E-state index in [1.54, 1.807) is 36.4 Å². The number of amides is 1. The zero-order valence-electron chi connectivity index (χ0n) is 19.6. The Morgan fingerprint density at radius 2 is 1.73 bits per heavy atom. The zero-order chi connectivity index (χ0) is 26.4. The number of hydrogen-bond acceptors (Lipinski definition) is 5. The van der Waals surface area contributed by atoms with E-state index in [0.29, 0.717) is 36.0 Å². The predicted molar refractivity (Wildman–Crippen MR) is 128 cm³/mol. The fraction of sp³-hybridized carbons (Fsp3) is 0.192. The molecule has 0 unspecified atom stereocenters. The first kappa shape index (κ1) is 25.8. The van der Waals surface area contributed by atoms with Crippen LogP contribution in [0.15, 0.2) is 72.8 Å². The number of anilines is 1. The molecule has 0 atom stereocenters. The third-order valence-electron chi connectivity index (χ3n) is 5.18. The molecule has 0 fully saturated rings. The molecule has 0 aliphatic rings. The Labute approximate surface area is 209 Å². The fourth-order valence-electron chi connectivity index (χ4n) is 3.39. The lowest BCUT2D eigenvalue weighted by Gasteiger charge is -2.10. The molecule has 1 heterocycles. The maximum absolute atomic E-state index is 13.5. The molecule has 0 aliphatic carbocycles. The molecule has 1 N–H and O–H groups in total. The van der Waals surface area contributed by atoms with Crippen LogP contribution in [0.1, 0.15) is 22.8 Å². The molecule has 0 bridgehead atoms. The Morgan fingerprint density at radius 1 is 1.00 bits per heavy atom. The van der Waals surface area contributed by atoms with Crippen molar-refractivity contribution in [1.82, 2.24) is 14.8 Å². The van der Waals surface area contributed by atoms with Gasteiger partial charge in [0, 0.05) is 23.4 Å². The highest BCUT2D eigenvalue weighted by Gasteiger charge is 2.30. The topological polar surface area (TPSA) is 78.3 Å². The lowest BCUT2D eigenvalue weighted by atomic mass is 10.1. The highest BCUT2D eigenvalue weighted by Crippen LogP contribution is 2.29. The molecule has 0 spiro atoms. The smallest absolute Gasteiger partial charge is 0.416 e. The second-order valence-corrected chi connectivity index (χ2v) is 7.76. The molecule has 192 valence electrons. The molecule has 3 aromatic carbocycles. The highest BCUT2D eigenvalue weighted by molar-refractivity contribution is 6.04. The monoisotopic (exact) mass is 514 g/mol. The molecule has 37 heavy (non-hydrogen) atoms. The van der Waals surface area contributed by atoms with Crippen LogP contribution < -0.4 is 10.1 Å². The quantitative estimate of drug-likeness (QED) is 0.227.